The third kappa shape index (κ3) is 4.75. The molecule has 36 heavy (non-hydrogen) atoms. The zero-order chi connectivity index (χ0) is 25.2. The van der Waals surface area contributed by atoms with Gasteiger partial charge in [-0.3, -0.25) is 19.2 Å². The van der Waals surface area contributed by atoms with Crippen molar-refractivity contribution in [3.05, 3.63) is 48.2 Å². The van der Waals surface area contributed by atoms with Crippen LogP contribution in [0.2, 0.25) is 0 Å². The van der Waals surface area contributed by atoms with E-state index in [-0.39, 0.29) is 35.2 Å². The number of nitrogens with zero attached hydrogens (tertiary/aromatic N) is 1. The van der Waals surface area contributed by atoms with Gasteiger partial charge in [-0.05, 0) is 61.6 Å². The van der Waals surface area contributed by atoms with Gasteiger partial charge in [0.1, 0.15) is 17.5 Å². The van der Waals surface area contributed by atoms with Gasteiger partial charge in [0.25, 0.3) is 5.91 Å². The topological polar surface area (TPSA) is 99.3 Å². The summed E-state index contributed by atoms with van der Waals surface area (Å²) in [7, 11) is 0. The number of carbonyl (C=O) groups excluding carboxylic acids is 4. The summed E-state index contributed by atoms with van der Waals surface area (Å²) >= 11 is 0. The first-order valence-electron chi connectivity index (χ1n) is 13.4. The van der Waals surface area contributed by atoms with Crippen molar-refractivity contribution in [3.8, 4) is 11.3 Å². The van der Waals surface area contributed by atoms with Crippen molar-refractivity contribution < 1.29 is 19.2 Å². The Morgan fingerprint density at radius 3 is 2.58 bits per heavy atom. The van der Waals surface area contributed by atoms with E-state index < -0.39 is 12.1 Å². The number of carbonyl (C=O) groups is 4. The van der Waals surface area contributed by atoms with Crippen LogP contribution in [0, 0.1) is 17.8 Å². The minimum Gasteiger partial charge on any atom is -0.351 e. The number of fused-ring (bicyclic) bond motifs is 1. The molecule has 0 radical (unpaired) electrons. The maximum atomic E-state index is 13.7. The number of ketones is 2. The van der Waals surface area contributed by atoms with Gasteiger partial charge < -0.3 is 15.2 Å². The molecule has 0 unspecified atom stereocenters. The summed E-state index contributed by atoms with van der Waals surface area (Å²) in [6.45, 7) is 2.33. The van der Waals surface area contributed by atoms with Crippen molar-refractivity contribution >= 4 is 23.4 Å². The molecule has 3 fully saturated rings. The number of likely N-dealkylation sites (tertiary alicyclic amines) is 1. The van der Waals surface area contributed by atoms with Crippen molar-refractivity contribution in [1.29, 1.82) is 0 Å². The molecule has 1 saturated heterocycles. The number of hydrogen-bond acceptors (Lipinski definition) is 4. The highest BCUT2D eigenvalue weighted by molar-refractivity contribution is 5.99. The molecule has 5 rings (SSSR count). The summed E-state index contributed by atoms with van der Waals surface area (Å²) in [5.41, 5.74) is 2.31. The largest absolute Gasteiger partial charge is 0.351 e. The summed E-state index contributed by atoms with van der Waals surface area (Å²) in [6, 6.07) is 12.2. The Balaban J connectivity index is 1.35. The smallest absolute Gasteiger partial charge is 0.270 e. The van der Waals surface area contributed by atoms with Gasteiger partial charge in [0.2, 0.25) is 5.91 Å². The molecule has 2 amide bonds. The van der Waals surface area contributed by atoms with Crippen LogP contribution in [0.4, 0.5) is 0 Å². The minimum atomic E-state index is -0.679. The maximum absolute atomic E-state index is 13.7. The van der Waals surface area contributed by atoms with Gasteiger partial charge in [0, 0.05) is 31.0 Å². The number of benzene rings is 1. The van der Waals surface area contributed by atoms with Crippen LogP contribution in [-0.2, 0) is 14.4 Å². The average Bonchev–Trinajstić information content (AvgIpc) is 3.68. The fourth-order valence-corrected chi connectivity index (χ4v) is 6.51. The van der Waals surface area contributed by atoms with Crippen LogP contribution < -0.4 is 5.32 Å². The molecule has 2 aliphatic carbocycles. The lowest BCUT2D eigenvalue weighted by atomic mass is 9.91. The van der Waals surface area contributed by atoms with Crippen molar-refractivity contribution in [2.24, 2.45) is 17.8 Å². The van der Waals surface area contributed by atoms with Gasteiger partial charge in [-0.15, -0.1) is 0 Å². The Morgan fingerprint density at radius 1 is 1.06 bits per heavy atom. The van der Waals surface area contributed by atoms with Crippen LogP contribution in [-0.4, -0.2) is 51.9 Å². The highest BCUT2D eigenvalue weighted by Gasteiger charge is 2.50. The summed E-state index contributed by atoms with van der Waals surface area (Å²) in [4.78, 5) is 57.3. The molecule has 0 spiro atoms. The first kappa shape index (κ1) is 24.5. The molecule has 1 aromatic carbocycles. The van der Waals surface area contributed by atoms with Crippen LogP contribution >= 0.6 is 0 Å². The molecule has 1 aromatic heterocycles. The molecule has 2 heterocycles. The number of amides is 2. The number of H-pyrrole nitrogens is 1. The Bertz CT molecular complexity index is 1140. The lowest BCUT2D eigenvalue weighted by Gasteiger charge is -2.29. The van der Waals surface area contributed by atoms with E-state index in [1.807, 2.05) is 36.4 Å². The van der Waals surface area contributed by atoms with Crippen molar-refractivity contribution in [1.82, 2.24) is 15.2 Å². The Labute approximate surface area is 212 Å². The Kier molecular flexibility index (Phi) is 7.08. The van der Waals surface area contributed by atoms with Gasteiger partial charge in [-0.1, -0.05) is 43.7 Å². The predicted octanol–water partition coefficient (Wildman–Crippen LogP) is 4.15. The minimum absolute atomic E-state index is 0.0567. The van der Waals surface area contributed by atoms with Crippen LogP contribution in [0.25, 0.3) is 11.3 Å². The number of Topliss-reactive ketones (excluding diaryl/α,β-unsaturated/α-hetero) is 2. The van der Waals surface area contributed by atoms with E-state index in [2.05, 4.69) is 10.3 Å². The molecular weight excluding hydrogens is 454 g/mol. The van der Waals surface area contributed by atoms with Gasteiger partial charge in [-0.2, -0.15) is 0 Å². The summed E-state index contributed by atoms with van der Waals surface area (Å²) in [5.74, 6) is -0.0815. The van der Waals surface area contributed by atoms with E-state index in [0.717, 1.165) is 43.4 Å². The zero-order valence-electron chi connectivity index (χ0n) is 20.9. The highest BCUT2D eigenvalue weighted by atomic mass is 16.2. The second kappa shape index (κ2) is 10.4. The molecule has 2 N–H and O–H groups in total. The van der Waals surface area contributed by atoms with Gasteiger partial charge in [0.05, 0.1) is 6.04 Å². The van der Waals surface area contributed by atoms with Crippen LogP contribution in [0.15, 0.2) is 42.5 Å². The molecule has 5 atom stereocenters. The lowest BCUT2D eigenvalue weighted by Crippen LogP contribution is -2.53. The third-order valence-electron chi connectivity index (χ3n) is 8.43. The number of nitrogens with one attached hydrogen (secondary N) is 2. The molecule has 7 heteroatoms. The average molecular weight is 490 g/mol. The van der Waals surface area contributed by atoms with Crippen LogP contribution in [0.3, 0.4) is 0 Å². The van der Waals surface area contributed by atoms with E-state index in [0.29, 0.717) is 37.4 Å². The molecule has 7 nitrogen and oxygen atoms in total. The maximum Gasteiger partial charge on any atom is 0.270 e. The normalized spacial score (nSPS) is 26.1. The summed E-state index contributed by atoms with van der Waals surface area (Å²) in [6.07, 6.45) is 5.81. The van der Waals surface area contributed by atoms with E-state index in [1.165, 1.54) is 0 Å². The molecule has 190 valence electrons. The van der Waals surface area contributed by atoms with Crippen molar-refractivity contribution in [3.63, 3.8) is 0 Å². The SMILES string of the molecule is CCC(=O)[C@H](C[C@@H]1CCCC1=O)NC(=O)[C@@H]1[C@H]2CCC[C@H]2CN1C(=O)c1ccc(-c2ccccc2)[nH]1. The van der Waals surface area contributed by atoms with Gasteiger partial charge in [0.15, 0.2) is 5.78 Å². The standard InChI is InChI=1S/C29H35N3O4/c1-2-25(33)24(16-19-10-7-13-26(19)34)31-28(35)27-21-12-6-11-20(21)17-32(27)29(36)23-15-14-22(30-23)18-8-4-3-5-9-18/h3-5,8-9,14-15,19-21,24,27,30H,2,6-7,10-13,16-17H2,1H3,(H,31,35)/t19-,20-,21-,24-,27-/m0/s1. The third-order valence-corrected chi connectivity index (χ3v) is 8.43. The quantitative estimate of drug-likeness (QED) is 0.582. The summed E-state index contributed by atoms with van der Waals surface area (Å²) in [5, 5.41) is 2.99. The molecular formula is C29H35N3O4. The number of aromatic amines is 1. The van der Waals surface area contributed by atoms with Crippen molar-refractivity contribution in [2.45, 2.75) is 70.4 Å². The fraction of sp³-hybridized carbons (Fsp3) is 0.517. The molecule has 0 bridgehead atoms. The predicted molar refractivity (Wildman–Crippen MR) is 136 cm³/mol. The fourth-order valence-electron chi connectivity index (χ4n) is 6.51. The second-order valence-electron chi connectivity index (χ2n) is 10.6. The molecule has 1 aliphatic heterocycles. The number of aromatic nitrogens is 1. The molecule has 3 aliphatic rings. The van der Waals surface area contributed by atoms with E-state index in [1.54, 1.807) is 17.9 Å². The molecule has 2 saturated carbocycles. The van der Waals surface area contributed by atoms with E-state index in [4.69, 9.17) is 0 Å². The Morgan fingerprint density at radius 2 is 1.86 bits per heavy atom. The first-order valence-corrected chi connectivity index (χ1v) is 13.4. The highest BCUT2D eigenvalue weighted by Crippen LogP contribution is 2.43. The Hall–Kier alpha value is -3.22. The van der Waals surface area contributed by atoms with Crippen LogP contribution in [0.5, 0.6) is 0 Å². The van der Waals surface area contributed by atoms with Crippen molar-refractivity contribution in [2.75, 3.05) is 6.54 Å². The molecule has 2 aromatic rings. The van der Waals surface area contributed by atoms with Gasteiger partial charge >= 0.3 is 0 Å². The van der Waals surface area contributed by atoms with E-state index in [9.17, 15) is 19.2 Å². The van der Waals surface area contributed by atoms with Crippen LogP contribution in [0.1, 0.15) is 68.8 Å². The second-order valence-corrected chi connectivity index (χ2v) is 10.6. The first-order chi connectivity index (χ1) is 17.5. The summed E-state index contributed by atoms with van der Waals surface area (Å²) < 4.78 is 0. The lowest BCUT2D eigenvalue weighted by molar-refractivity contribution is -0.131. The van der Waals surface area contributed by atoms with E-state index >= 15 is 0 Å². The zero-order valence-corrected chi connectivity index (χ0v) is 20.9. The monoisotopic (exact) mass is 489 g/mol. The number of rotatable bonds is 8. The van der Waals surface area contributed by atoms with Gasteiger partial charge in [-0.25, -0.2) is 0 Å². The number of hydrogen-bond donors (Lipinski definition) is 2.